The maximum Gasteiger partial charge on any atom is 0.277 e. The topological polar surface area (TPSA) is 105 Å². The summed E-state index contributed by atoms with van der Waals surface area (Å²) in [6.07, 6.45) is 0. The highest BCUT2D eigenvalue weighted by Crippen LogP contribution is 2.27. The molecule has 1 N–H and O–H groups in total. The van der Waals surface area contributed by atoms with E-state index >= 15 is 0 Å². The van der Waals surface area contributed by atoms with Crippen LogP contribution in [0, 0.1) is 0 Å². The molecule has 0 unspecified atom stereocenters. The Hall–Kier alpha value is -3.15. The van der Waals surface area contributed by atoms with Gasteiger partial charge in [0, 0.05) is 12.7 Å². The average Bonchev–Trinajstić information content (AvgIpc) is 3.50. The monoisotopic (exact) mass is 486 g/mol. The zero-order valence-electron chi connectivity index (χ0n) is 16.8. The molecule has 11 heteroatoms. The fraction of sp³-hybridized carbons (Fsp3) is 0.0952. The van der Waals surface area contributed by atoms with Crippen LogP contribution in [0.25, 0.3) is 10.8 Å². The summed E-state index contributed by atoms with van der Waals surface area (Å²) in [5, 5.41) is 12.8. The van der Waals surface area contributed by atoms with Crippen LogP contribution in [-0.2, 0) is 14.8 Å². The van der Waals surface area contributed by atoms with Crippen molar-refractivity contribution in [3.05, 3.63) is 72.1 Å². The van der Waals surface area contributed by atoms with E-state index in [-0.39, 0.29) is 21.8 Å². The zero-order valence-corrected chi connectivity index (χ0v) is 19.3. The Morgan fingerprint density at radius 2 is 1.91 bits per heavy atom. The number of carbonyl (C=O) groups excluding carboxylic acids is 1. The van der Waals surface area contributed by atoms with Gasteiger partial charge in [0.1, 0.15) is 0 Å². The molecule has 2 heterocycles. The number of benzene rings is 2. The van der Waals surface area contributed by atoms with E-state index in [1.165, 1.54) is 34.8 Å². The molecule has 8 nitrogen and oxygen atoms in total. The summed E-state index contributed by atoms with van der Waals surface area (Å²) >= 11 is 2.59. The van der Waals surface area contributed by atoms with E-state index in [4.69, 9.17) is 4.42 Å². The van der Waals surface area contributed by atoms with Gasteiger partial charge in [-0.25, -0.2) is 8.42 Å². The quantitative estimate of drug-likeness (QED) is 0.369. The largest absolute Gasteiger partial charge is 0.410 e. The van der Waals surface area contributed by atoms with Gasteiger partial charge in [-0.2, -0.15) is 0 Å². The molecule has 0 saturated carbocycles. The third kappa shape index (κ3) is 5.01. The van der Waals surface area contributed by atoms with Crippen LogP contribution >= 0.6 is 23.1 Å². The van der Waals surface area contributed by atoms with Gasteiger partial charge >= 0.3 is 0 Å². The van der Waals surface area contributed by atoms with Gasteiger partial charge in [0.25, 0.3) is 21.1 Å². The highest BCUT2D eigenvalue weighted by molar-refractivity contribution is 7.99. The Morgan fingerprint density at radius 3 is 2.66 bits per heavy atom. The first-order valence-electron chi connectivity index (χ1n) is 9.37. The number of hydrogen-bond acceptors (Lipinski definition) is 8. The molecule has 0 aliphatic rings. The van der Waals surface area contributed by atoms with Crippen molar-refractivity contribution in [1.82, 2.24) is 10.2 Å². The predicted octanol–water partition coefficient (Wildman–Crippen LogP) is 4.35. The molecule has 1 amide bonds. The number of thiophene rings is 1. The third-order valence-corrected chi connectivity index (χ3v) is 7.82. The summed E-state index contributed by atoms with van der Waals surface area (Å²) in [6.45, 7) is 0. The molecule has 4 rings (SSSR count). The van der Waals surface area contributed by atoms with Crippen LogP contribution in [0.4, 0.5) is 11.4 Å². The first-order chi connectivity index (χ1) is 15.4. The van der Waals surface area contributed by atoms with Crippen molar-refractivity contribution in [2.75, 3.05) is 22.4 Å². The van der Waals surface area contributed by atoms with Crippen LogP contribution in [0.1, 0.15) is 0 Å². The van der Waals surface area contributed by atoms with Gasteiger partial charge in [0.05, 0.1) is 21.2 Å². The van der Waals surface area contributed by atoms with E-state index in [0.29, 0.717) is 17.3 Å². The van der Waals surface area contributed by atoms with Gasteiger partial charge < -0.3 is 9.73 Å². The van der Waals surface area contributed by atoms with Crippen molar-refractivity contribution in [2.45, 2.75) is 10.1 Å². The maximum absolute atomic E-state index is 13.0. The fourth-order valence-corrected chi connectivity index (χ4v) is 5.21. The first kappa shape index (κ1) is 22.1. The van der Waals surface area contributed by atoms with E-state index in [1.807, 2.05) is 23.6 Å². The minimum atomic E-state index is -3.78. The summed E-state index contributed by atoms with van der Waals surface area (Å²) in [7, 11) is -2.29. The van der Waals surface area contributed by atoms with E-state index in [1.54, 1.807) is 36.4 Å². The Kier molecular flexibility index (Phi) is 6.58. The maximum atomic E-state index is 13.0. The smallest absolute Gasteiger partial charge is 0.277 e. The van der Waals surface area contributed by atoms with Gasteiger partial charge in [0.15, 0.2) is 0 Å². The fourth-order valence-electron chi connectivity index (χ4n) is 2.76. The van der Waals surface area contributed by atoms with Crippen molar-refractivity contribution >= 4 is 50.4 Å². The Labute approximate surface area is 193 Å². The van der Waals surface area contributed by atoms with Gasteiger partial charge in [-0.1, -0.05) is 42.1 Å². The zero-order chi connectivity index (χ0) is 22.6. The molecule has 0 atom stereocenters. The lowest BCUT2D eigenvalue weighted by atomic mass is 10.3. The standard InChI is InChI=1S/C21H18N4O4S3/c1-25(16-8-3-2-4-9-16)32(27,28)17-10-5-7-15(13-17)22-19(26)14-31-21-24-23-20(29-21)18-11-6-12-30-18/h2-13H,14H2,1H3,(H,22,26). The summed E-state index contributed by atoms with van der Waals surface area (Å²) in [4.78, 5) is 13.3. The van der Waals surface area contributed by atoms with Gasteiger partial charge in [-0.3, -0.25) is 9.10 Å². The van der Waals surface area contributed by atoms with Crippen LogP contribution in [0.15, 0.2) is 86.6 Å². The number of anilines is 2. The number of rotatable bonds is 8. The number of thioether (sulfide) groups is 1. The molecule has 0 bridgehead atoms. The summed E-state index contributed by atoms with van der Waals surface area (Å²) in [5.74, 6) is 0.118. The first-order valence-corrected chi connectivity index (χ1v) is 12.7. The van der Waals surface area contributed by atoms with E-state index in [2.05, 4.69) is 15.5 Å². The summed E-state index contributed by atoms with van der Waals surface area (Å²) < 4.78 is 32.7. The molecule has 32 heavy (non-hydrogen) atoms. The highest BCUT2D eigenvalue weighted by Gasteiger charge is 2.21. The van der Waals surface area contributed by atoms with Crippen LogP contribution < -0.4 is 9.62 Å². The number of hydrogen-bond donors (Lipinski definition) is 1. The van der Waals surface area contributed by atoms with Crippen molar-refractivity contribution in [3.8, 4) is 10.8 Å². The molecule has 0 saturated heterocycles. The number of carbonyl (C=O) groups is 1. The Bertz CT molecular complexity index is 1310. The van der Waals surface area contributed by atoms with Gasteiger partial charge in [-0.15, -0.1) is 21.5 Å². The van der Waals surface area contributed by atoms with Crippen molar-refractivity contribution < 1.29 is 17.6 Å². The molecule has 0 aliphatic carbocycles. The van der Waals surface area contributed by atoms with E-state index < -0.39 is 10.0 Å². The number of nitrogens with zero attached hydrogens (tertiary/aromatic N) is 3. The Morgan fingerprint density at radius 1 is 1.09 bits per heavy atom. The van der Waals surface area contributed by atoms with E-state index in [9.17, 15) is 13.2 Å². The molecule has 0 spiro atoms. The second-order valence-electron chi connectivity index (χ2n) is 6.52. The highest BCUT2D eigenvalue weighted by atomic mass is 32.2. The molecular weight excluding hydrogens is 468 g/mol. The van der Waals surface area contributed by atoms with E-state index in [0.717, 1.165) is 16.6 Å². The second-order valence-corrected chi connectivity index (χ2v) is 10.4. The van der Waals surface area contributed by atoms with Crippen LogP contribution in [-0.4, -0.2) is 37.3 Å². The SMILES string of the molecule is CN(c1ccccc1)S(=O)(=O)c1cccc(NC(=O)CSc2nnc(-c3cccs3)o2)c1. The minimum Gasteiger partial charge on any atom is -0.410 e. The van der Waals surface area contributed by atoms with Crippen LogP contribution in [0.2, 0.25) is 0 Å². The molecule has 164 valence electrons. The average molecular weight is 487 g/mol. The molecule has 2 aromatic heterocycles. The summed E-state index contributed by atoms with van der Waals surface area (Å²) in [6, 6.07) is 18.7. The molecular formula is C21H18N4O4S3. The minimum absolute atomic E-state index is 0.0347. The number of aromatic nitrogens is 2. The van der Waals surface area contributed by atoms with Crippen molar-refractivity contribution in [3.63, 3.8) is 0 Å². The van der Waals surface area contributed by atoms with Crippen LogP contribution in [0.5, 0.6) is 0 Å². The lowest BCUT2D eigenvalue weighted by Crippen LogP contribution is -2.26. The predicted molar refractivity (Wildman–Crippen MR) is 125 cm³/mol. The number of amides is 1. The number of sulfonamides is 1. The molecule has 0 fully saturated rings. The normalized spacial score (nSPS) is 11.3. The second kappa shape index (κ2) is 9.55. The van der Waals surface area contributed by atoms with Crippen LogP contribution in [0.3, 0.4) is 0 Å². The van der Waals surface area contributed by atoms with Crippen molar-refractivity contribution in [2.24, 2.45) is 0 Å². The van der Waals surface area contributed by atoms with Gasteiger partial charge in [-0.05, 0) is 41.8 Å². The molecule has 0 radical (unpaired) electrons. The lowest BCUT2D eigenvalue weighted by Gasteiger charge is -2.19. The number of para-hydroxylation sites is 1. The Balaban J connectivity index is 1.40. The third-order valence-electron chi connectivity index (χ3n) is 4.36. The molecule has 4 aromatic rings. The number of nitrogens with one attached hydrogen (secondary N) is 1. The van der Waals surface area contributed by atoms with Gasteiger partial charge in [0.2, 0.25) is 5.91 Å². The molecule has 2 aromatic carbocycles. The van der Waals surface area contributed by atoms with Crippen molar-refractivity contribution in [1.29, 1.82) is 0 Å². The lowest BCUT2D eigenvalue weighted by molar-refractivity contribution is -0.113. The molecule has 0 aliphatic heterocycles. The summed E-state index contributed by atoms with van der Waals surface area (Å²) in [5.41, 5.74) is 0.919.